The molecular formula is C10H15N3O4. The molecule has 7 heteroatoms. The molecule has 0 N–H and O–H groups in total. The number of aromatic nitrogens is 2. The van der Waals surface area contributed by atoms with Crippen molar-refractivity contribution in [2.75, 3.05) is 0 Å². The first-order chi connectivity index (χ1) is 7.70. The van der Waals surface area contributed by atoms with Gasteiger partial charge in [0.05, 0.1) is 4.92 Å². The Labute approximate surface area is 98.5 Å². The Balaban J connectivity index is 2.78. The summed E-state index contributed by atoms with van der Waals surface area (Å²) in [5.74, 6) is -0.476. The number of carbonyl (C=O) groups excluding carboxylic acids is 1. The molecule has 17 heavy (non-hydrogen) atoms. The van der Waals surface area contributed by atoms with E-state index in [0.717, 1.165) is 6.20 Å². The molecule has 7 nitrogen and oxygen atoms in total. The molecule has 0 saturated heterocycles. The minimum absolute atomic E-state index is 0.152. The van der Waals surface area contributed by atoms with Crippen LogP contribution < -0.4 is 0 Å². The van der Waals surface area contributed by atoms with Crippen LogP contribution in [0.25, 0.3) is 0 Å². The fourth-order valence-corrected chi connectivity index (χ4v) is 1.13. The second-order valence-electron chi connectivity index (χ2n) is 4.65. The van der Waals surface area contributed by atoms with Crippen molar-refractivity contribution in [2.45, 2.75) is 39.3 Å². The molecule has 0 fully saturated rings. The van der Waals surface area contributed by atoms with Crippen molar-refractivity contribution in [1.82, 2.24) is 9.78 Å². The van der Waals surface area contributed by atoms with Gasteiger partial charge < -0.3 is 4.74 Å². The summed E-state index contributed by atoms with van der Waals surface area (Å²) in [5, 5.41) is 14.2. The van der Waals surface area contributed by atoms with E-state index in [1.807, 2.05) is 0 Å². The summed E-state index contributed by atoms with van der Waals surface area (Å²) in [6.07, 6.45) is 2.30. The largest absolute Gasteiger partial charge is 0.458 e. The number of esters is 1. The average Bonchev–Trinajstić information content (AvgIpc) is 2.62. The topological polar surface area (TPSA) is 87.3 Å². The lowest BCUT2D eigenvalue weighted by atomic mass is 10.2. The van der Waals surface area contributed by atoms with Crippen LogP contribution in [0.2, 0.25) is 0 Å². The Morgan fingerprint density at radius 2 is 2.18 bits per heavy atom. The quantitative estimate of drug-likeness (QED) is 0.456. The van der Waals surface area contributed by atoms with Crippen molar-refractivity contribution in [3.63, 3.8) is 0 Å². The number of carbonyl (C=O) groups is 1. The molecule has 0 aliphatic heterocycles. The number of nitrogens with zero attached hydrogens (tertiary/aromatic N) is 3. The normalized spacial score (nSPS) is 13.2. The Hall–Kier alpha value is -1.92. The van der Waals surface area contributed by atoms with Crippen LogP contribution in [0.15, 0.2) is 12.4 Å². The zero-order valence-corrected chi connectivity index (χ0v) is 10.2. The zero-order valence-electron chi connectivity index (χ0n) is 10.2. The summed E-state index contributed by atoms with van der Waals surface area (Å²) in [6.45, 7) is 6.83. The van der Waals surface area contributed by atoms with Gasteiger partial charge in [-0.3, -0.25) is 14.8 Å². The molecule has 1 rings (SSSR count). The minimum Gasteiger partial charge on any atom is -0.458 e. The van der Waals surface area contributed by atoms with Crippen LogP contribution in [0.5, 0.6) is 0 Å². The predicted molar refractivity (Wildman–Crippen MR) is 59.4 cm³/mol. The van der Waals surface area contributed by atoms with Gasteiger partial charge in [-0.05, 0) is 27.7 Å². The summed E-state index contributed by atoms with van der Waals surface area (Å²) in [4.78, 5) is 21.6. The summed E-state index contributed by atoms with van der Waals surface area (Å²) in [6, 6.07) is -0.692. The van der Waals surface area contributed by atoms with E-state index in [1.54, 1.807) is 27.7 Å². The van der Waals surface area contributed by atoms with Crippen molar-refractivity contribution in [3.8, 4) is 0 Å². The first-order valence-corrected chi connectivity index (χ1v) is 5.12. The number of ether oxygens (including phenoxy) is 1. The van der Waals surface area contributed by atoms with Gasteiger partial charge in [0.15, 0.2) is 0 Å². The first-order valence-electron chi connectivity index (χ1n) is 5.12. The van der Waals surface area contributed by atoms with Gasteiger partial charge in [0.25, 0.3) is 0 Å². The van der Waals surface area contributed by atoms with Crippen LogP contribution in [0.3, 0.4) is 0 Å². The molecule has 1 atom stereocenters. The van der Waals surface area contributed by atoms with Gasteiger partial charge in [0.2, 0.25) is 0 Å². The van der Waals surface area contributed by atoms with Crippen molar-refractivity contribution in [3.05, 3.63) is 22.5 Å². The van der Waals surface area contributed by atoms with Gasteiger partial charge >= 0.3 is 11.7 Å². The van der Waals surface area contributed by atoms with Gasteiger partial charge in [-0.1, -0.05) is 0 Å². The van der Waals surface area contributed by atoms with Crippen LogP contribution in [0.4, 0.5) is 5.69 Å². The van der Waals surface area contributed by atoms with E-state index in [-0.39, 0.29) is 5.69 Å². The highest BCUT2D eigenvalue weighted by molar-refractivity contribution is 5.74. The van der Waals surface area contributed by atoms with Gasteiger partial charge in [0.1, 0.15) is 24.0 Å². The van der Waals surface area contributed by atoms with Gasteiger partial charge in [-0.2, -0.15) is 5.10 Å². The molecule has 0 radical (unpaired) electrons. The number of hydrogen-bond donors (Lipinski definition) is 0. The molecule has 0 saturated carbocycles. The highest BCUT2D eigenvalue weighted by Gasteiger charge is 2.24. The van der Waals surface area contributed by atoms with E-state index in [2.05, 4.69) is 5.10 Å². The lowest BCUT2D eigenvalue weighted by Gasteiger charge is -2.22. The van der Waals surface area contributed by atoms with E-state index in [1.165, 1.54) is 10.9 Å². The van der Waals surface area contributed by atoms with E-state index < -0.39 is 22.5 Å². The summed E-state index contributed by atoms with van der Waals surface area (Å²) in [7, 11) is 0. The molecule has 0 spiro atoms. The van der Waals surface area contributed by atoms with Gasteiger partial charge in [-0.25, -0.2) is 4.79 Å². The maximum absolute atomic E-state index is 11.7. The Bertz CT molecular complexity index is 433. The standard InChI is InChI=1S/C10H15N3O4/c1-7(9(14)17-10(2,3)4)12-6-8(5-11-12)13(15)16/h5-7H,1-4H3. The Kier molecular flexibility index (Phi) is 3.50. The third-order valence-corrected chi connectivity index (χ3v) is 1.94. The molecule has 1 heterocycles. The average molecular weight is 241 g/mol. The lowest BCUT2D eigenvalue weighted by molar-refractivity contribution is -0.385. The lowest BCUT2D eigenvalue weighted by Crippen LogP contribution is -2.29. The Morgan fingerprint density at radius 1 is 1.59 bits per heavy atom. The molecule has 0 aliphatic carbocycles. The molecular weight excluding hydrogens is 226 g/mol. The van der Waals surface area contributed by atoms with Crippen LogP contribution >= 0.6 is 0 Å². The predicted octanol–water partition coefficient (Wildman–Crippen LogP) is 1.69. The fraction of sp³-hybridized carbons (Fsp3) is 0.600. The smallest absolute Gasteiger partial charge is 0.331 e. The molecule has 1 aromatic heterocycles. The van der Waals surface area contributed by atoms with Crippen LogP contribution in [0.1, 0.15) is 33.7 Å². The molecule has 0 aromatic carbocycles. The van der Waals surface area contributed by atoms with E-state index in [4.69, 9.17) is 4.74 Å². The highest BCUT2D eigenvalue weighted by Crippen LogP contribution is 2.17. The van der Waals surface area contributed by atoms with Crippen molar-refractivity contribution in [1.29, 1.82) is 0 Å². The van der Waals surface area contributed by atoms with Gasteiger partial charge in [-0.15, -0.1) is 0 Å². The Morgan fingerprint density at radius 3 is 2.59 bits per heavy atom. The van der Waals surface area contributed by atoms with Crippen LogP contribution in [-0.2, 0) is 9.53 Å². The first kappa shape index (κ1) is 13.1. The second kappa shape index (κ2) is 4.52. The molecule has 94 valence electrons. The van der Waals surface area contributed by atoms with Crippen molar-refractivity contribution >= 4 is 11.7 Å². The SMILES string of the molecule is CC(C(=O)OC(C)(C)C)n1cc([N+](=O)[O-])cn1. The third kappa shape index (κ3) is 3.54. The maximum atomic E-state index is 11.7. The molecule has 1 aromatic rings. The highest BCUT2D eigenvalue weighted by atomic mass is 16.6. The fourth-order valence-electron chi connectivity index (χ4n) is 1.13. The molecule has 0 bridgehead atoms. The minimum atomic E-state index is -0.692. The maximum Gasteiger partial charge on any atom is 0.331 e. The molecule has 0 amide bonds. The summed E-state index contributed by atoms with van der Waals surface area (Å²) in [5.41, 5.74) is -0.745. The monoisotopic (exact) mass is 241 g/mol. The van der Waals surface area contributed by atoms with Crippen LogP contribution in [-0.4, -0.2) is 26.3 Å². The van der Waals surface area contributed by atoms with Crippen molar-refractivity contribution < 1.29 is 14.5 Å². The molecule has 0 aliphatic rings. The van der Waals surface area contributed by atoms with E-state index in [9.17, 15) is 14.9 Å². The summed E-state index contributed by atoms with van der Waals surface area (Å²) >= 11 is 0. The van der Waals surface area contributed by atoms with E-state index >= 15 is 0 Å². The number of nitro groups is 1. The zero-order chi connectivity index (χ0) is 13.2. The number of rotatable bonds is 3. The van der Waals surface area contributed by atoms with Crippen LogP contribution in [0, 0.1) is 10.1 Å². The summed E-state index contributed by atoms with van der Waals surface area (Å²) < 4.78 is 6.37. The number of hydrogen-bond acceptors (Lipinski definition) is 5. The van der Waals surface area contributed by atoms with Gasteiger partial charge in [0, 0.05) is 0 Å². The third-order valence-electron chi connectivity index (χ3n) is 1.94. The van der Waals surface area contributed by atoms with Crippen molar-refractivity contribution in [2.24, 2.45) is 0 Å². The van der Waals surface area contributed by atoms with E-state index in [0.29, 0.717) is 0 Å². The second-order valence-corrected chi connectivity index (χ2v) is 4.65. The molecule has 1 unspecified atom stereocenters.